The summed E-state index contributed by atoms with van der Waals surface area (Å²) in [5, 5.41) is 0. The number of rotatable bonds is 68. The molecule has 0 radical (unpaired) electrons. The molecule has 0 N–H and O–H groups in total. The monoisotopic (exact) mass is 1260 g/mol. The fraction of sp³-hybridized carbons (Fsp3) is 0.973. The van der Waals surface area contributed by atoms with Crippen molar-refractivity contribution in [2.24, 2.45) is 0 Å². The fourth-order valence-electron chi connectivity index (χ4n) is 12.0. The van der Waals surface area contributed by atoms with E-state index in [1.54, 1.807) is 0 Å². The maximum absolute atomic E-state index is 5.38. The summed E-state index contributed by atoms with van der Waals surface area (Å²) in [6, 6.07) is 0. The van der Waals surface area contributed by atoms with E-state index in [-0.39, 0.29) is 19.5 Å². The summed E-state index contributed by atoms with van der Waals surface area (Å²) in [5.74, 6) is 0. The molecule has 0 fully saturated rings. The van der Waals surface area contributed by atoms with Crippen LogP contribution in [0, 0.1) is 0 Å². The van der Waals surface area contributed by atoms with Gasteiger partial charge in [0.05, 0.1) is 0 Å². The van der Waals surface area contributed by atoms with E-state index in [4.69, 9.17) is 49.7 Å². The molecule has 0 saturated heterocycles. The number of thiocarbonyl (C=S) groups is 2. The molecule has 0 amide bonds. The van der Waals surface area contributed by atoms with E-state index < -0.39 is 0 Å². The Morgan fingerprint density at radius 3 is 0.358 bits per heavy atom. The number of unbranched alkanes of at least 4 members (excludes halogenated alkanes) is 60. The summed E-state index contributed by atoms with van der Waals surface area (Å²) in [7, 11) is 0. The Bertz CT molecular complexity index is 983. The third-order valence-electron chi connectivity index (χ3n) is 17.6. The minimum atomic E-state index is 0. The predicted molar refractivity (Wildman–Crippen MR) is 381 cm³/mol. The molecule has 480 valence electrons. The number of hydrogen-bond donors (Lipinski definition) is 0. The third kappa shape index (κ3) is 76.9. The van der Waals surface area contributed by atoms with E-state index in [2.05, 4.69) is 37.5 Å². The van der Waals surface area contributed by atoms with Crippen molar-refractivity contribution in [2.45, 2.75) is 439 Å². The average molecular weight is 1260 g/mol. The van der Waals surface area contributed by atoms with Gasteiger partial charge in [0.15, 0.2) is 0 Å². The Morgan fingerprint density at radius 2 is 0.272 bits per heavy atom. The molecule has 2 nitrogen and oxygen atoms in total. The second kappa shape index (κ2) is 78.9. The molecule has 0 aromatic heterocycles. The third-order valence-corrected chi connectivity index (χ3v) is 18.7. The number of nitrogens with zero attached hydrogens (tertiary/aromatic N) is 2. The van der Waals surface area contributed by atoms with Gasteiger partial charge in [0.25, 0.3) is 0 Å². The predicted octanol–water partition coefficient (Wildman–Crippen LogP) is 27.3. The van der Waals surface area contributed by atoms with Gasteiger partial charge in [-0.25, -0.2) is 0 Å². The molecule has 0 unspecified atom stereocenters. The van der Waals surface area contributed by atoms with Gasteiger partial charge in [0, 0.05) is 26.2 Å². The van der Waals surface area contributed by atoms with Gasteiger partial charge in [-0.05, 0) is 25.7 Å². The van der Waals surface area contributed by atoms with Crippen LogP contribution >= 0.6 is 24.4 Å². The van der Waals surface area contributed by atoms with Gasteiger partial charge >= 0.3 is 19.5 Å². The van der Waals surface area contributed by atoms with Gasteiger partial charge in [-0.3, -0.25) is 0 Å². The Kier molecular flexibility index (Phi) is 83.8. The molecule has 0 rings (SSSR count). The zero-order valence-corrected chi connectivity index (χ0v) is 62.6. The average Bonchev–Trinajstić information content (AvgIpc) is 3.45. The van der Waals surface area contributed by atoms with E-state index >= 15 is 0 Å². The van der Waals surface area contributed by atoms with Gasteiger partial charge in [-0.2, -0.15) is 0 Å². The molecule has 0 aliphatic carbocycles. The molecule has 0 aliphatic heterocycles. The molecule has 0 bridgehead atoms. The standard InChI is InChI=1S/2C37H75NS2.Zn/c2*1-3-5-7-9-11-13-15-17-19-21-23-25-27-29-31-33-35-38(37(39)40)36-34-32-30-28-26-24-22-20-18-16-14-12-10-8-6-4-2;/h2*3-36H2,1-2H3,(H,39,40);/q;;+2/p-2. The van der Waals surface area contributed by atoms with Crippen molar-refractivity contribution >= 4 is 58.3 Å². The second-order valence-electron chi connectivity index (χ2n) is 25.7. The maximum atomic E-state index is 5.38. The summed E-state index contributed by atoms with van der Waals surface area (Å²) in [6.07, 6.45) is 91.0. The molecule has 0 saturated carbocycles. The van der Waals surface area contributed by atoms with E-state index in [1.165, 1.54) is 411 Å². The number of hydrogen-bond acceptors (Lipinski definition) is 4. The van der Waals surface area contributed by atoms with Crippen molar-refractivity contribution in [3.05, 3.63) is 0 Å². The normalized spacial score (nSPS) is 11.2. The fourth-order valence-corrected chi connectivity index (χ4v) is 12.7. The van der Waals surface area contributed by atoms with Crippen LogP contribution in [0.3, 0.4) is 0 Å². The van der Waals surface area contributed by atoms with Crippen LogP contribution in [0.15, 0.2) is 0 Å². The summed E-state index contributed by atoms with van der Waals surface area (Å²) >= 11 is 21.5. The van der Waals surface area contributed by atoms with Gasteiger partial charge in [0.1, 0.15) is 0 Å². The van der Waals surface area contributed by atoms with Gasteiger partial charge in [-0.1, -0.05) is 422 Å². The second-order valence-corrected chi connectivity index (χ2v) is 27.8. The SMILES string of the molecule is CCCCCCCCCCCCCCCCCCN(CCCCCCCCCCCCCCCCCC)C(=S)[S-].CCCCCCCCCCCCCCCCCCN(CCCCCCCCCCCCCCCCCC)C(=S)[S-].[Zn+2]. The van der Waals surface area contributed by atoms with Gasteiger partial charge in [-0.15, -0.1) is 0 Å². The van der Waals surface area contributed by atoms with Crippen LogP contribution in [0.4, 0.5) is 0 Å². The summed E-state index contributed by atoms with van der Waals surface area (Å²) in [5.41, 5.74) is 0. The van der Waals surface area contributed by atoms with E-state index in [9.17, 15) is 0 Å². The van der Waals surface area contributed by atoms with Crippen molar-refractivity contribution in [1.29, 1.82) is 0 Å². The first-order valence-electron chi connectivity index (χ1n) is 37.4. The zero-order chi connectivity index (χ0) is 58.4. The van der Waals surface area contributed by atoms with Crippen molar-refractivity contribution in [2.75, 3.05) is 26.2 Å². The Labute approximate surface area is 548 Å². The molecule has 7 heteroatoms. The van der Waals surface area contributed by atoms with Crippen LogP contribution in [0.5, 0.6) is 0 Å². The molecule has 0 aromatic rings. The largest absolute Gasteiger partial charge is 2.00 e. The Morgan fingerprint density at radius 1 is 0.185 bits per heavy atom. The molecule has 0 aliphatic rings. The summed E-state index contributed by atoms with van der Waals surface area (Å²) in [6.45, 7) is 13.5. The van der Waals surface area contributed by atoms with Gasteiger partial charge in [0.2, 0.25) is 0 Å². The minimum Gasteiger partial charge on any atom is -0.411 e. The molecule has 0 spiro atoms. The molecule has 0 heterocycles. The molecule has 81 heavy (non-hydrogen) atoms. The van der Waals surface area contributed by atoms with E-state index in [0.717, 1.165) is 26.2 Å². The van der Waals surface area contributed by atoms with Crippen LogP contribution in [-0.2, 0) is 44.7 Å². The molecular weight excluding hydrogens is 1110 g/mol. The Hall–Kier alpha value is 0.843. The Balaban J connectivity index is -0.00000148. The first-order chi connectivity index (χ1) is 39.4. The summed E-state index contributed by atoms with van der Waals surface area (Å²) in [4.78, 5) is 4.61. The van der Waals surface area contributed by atoms with E-state index in [0.29, 0.717) is 8.64 Å². The van der Waals surface area contributed by atoms with E-state index in [1.807, 2.05) is 0 Å². The minimum absolute atomic E-state index is 0. The van der Waals surface area contributed by atoms with Crippen molar-refractivity contribution < 1.29 is 19.5 Å². The van der Waals surface area contributed by atoms with Crippen molar-refractivity contribution in [3.8, 4) is 0 Å². The molecule has 0 aromatic carbocycles. The smallest absolute Gasteiger partial charge is 0.411 e. The van der Waals surface area contributed by atoms with Crippen molar-refractivity contribution in [1.82, 2.24) is 9.80 Å². The van der Waals surface area contributed by atoms with Crippen LogP contribution < -0.4 is 0 Å². The van der Waals surface area contributed by atoms with Crippen LogP contribution in [0.1, 0.15) is 439 Å². The first-order valence-corrected chi connectivity index (χ1v) is 39.0. The van der Waals surface area contributed by atoms with Crippen molar-refractivity contribution in [3.63, 3.8) is 0 Å². The van der Waals surface area contributed by atoms with Gasteiger partial charge < -0.3 is 59.5 Å². The zero-order valence-electron chi connectivity index (χ0n) is 56.3. The van der Waals surface area contributed by atoms with Crippen LogP contribution in [0.2, 0.25) is 0 Å². The quantitative estimate of drug-likeness (QED) is 0.0257. The topological polar surface area (TPSA) is 6.48 Å². The summed E-state index contributed by atoms with van der Waals surface area (Å²) < 4.78 is 1.39. The van der Waals surface area contributed by atoms with Crippen LogP contribution in [-0.4, -0.2) is 44.6 Å². The maximum Gasteiger partial charge on any atom is 2.00 e. The first kappa shape index (κ1) is 86.0. The molecular formula is C74H148N2S4Zn. The molecule has 0 atom stereocenters. The van der Waals surface area contributed by atoms with Crippen LogP contribution in [0.25, 0.3) is 0 Å².